The van der Waals surface area contributed by atoms with E-state index in [1.807, 2.05) is 12.1 Å². The number of allylic oxidation sites excluding steroid dienone is 4. The molecule has 2 nitrogen and oxygen atoms in total. The first-order valence-electron chi connectivity index (χ1n) is 16.0. The Morgan fingerprint density at radius 2 is 1.74 bits per heavy atom. The predicted octanol–water partition coefficient (Wildman–Crippen LogP) is 8.88. The van der Waals surface area contributed by atoms with E-state index in [0.29, 0.717) is 12.3 Å². The second-order valence-corrected chi connectivity index (χ2v) is 13.4. The van der Waals surface area contributed by atoms with Gasteiger partial charge in [0.05, 0.1) is 0 Å². The summed E-state index contributed by atoms with van der Waals surface area (Å²) in [6.07, 6.45) is 7.44. The van der Waals surface area contributed by atoms with Crippen molar-refractivity contribution in [2.45, 2.75) is 65.0 Å². The molecule has 0 fully saturated rings. The SMILES string of the molecule is CCC(C)CC(F)c1cccc2c1Nc1cccc3c1B2c1ccccc1N3c1ccc2c(c1)C(C)(C)C1=C2C=CCC1. The number of nitrogens with one attached hydrogen (secondary N) is 1. The van der Waals surface area contributed by atoms with Crippen LogP contribution in [-0.2, 0) is 5.41 Å². The van der Waals surface area contributed by atoms with E-state index in [-0.39, 0.29) is 12.1 Å². The molecular formula is C39H38BFN2. The van der Waals surface area contributed by atoms with Crippen molar-refractivity contribution in [1.29, 1.82) is 0 Å². The van der Waals surface area contributed by atoms with Crippen molar-refractivity contribution in [1.82, 2.24) is 0 Å². The molecule has 4 aliphatic rings. The molecule has 2 heterocycles. The van der Waals surface area contributed by atoms with E-state index in [2.05, 4.69) is 117 Å². The molecule has 4 aromatic carbocycles. The molecule has 0 saturated heterocycles. The molecule has 0 radical (unpaired) electrons. The molecule has 0 amide bonds. The Balaban J connectivity index is 1.29. The smallest absolute Gasteiger partial charge is 0.252 e. The maximum absolute atomic E-state index is 15.9. The summed E-state index contributed by atoms with van der Waals surface area (Å²) in [6, 6.07) is 28.7. The summed E-state index contributed by atoms with van der Waals surface area (Å²) in [5, 5.41) is 3.73. The number of halogens is 1. The van der Waals surface area contributed by atoms with Gasteiger partial charge in [-0.15, -0.1) is 0 Å². The molecule has 43 heavy (non-hydrogen) atoms. The molecule has 0 aromatic heterocycles. The van der Waals surface area contributed by atoms with E-state index >= 15 is 4.39 Å². The van der Waals surface area contributed by atoms with Gasteiger partial charge in [0.15, 0.2) is 0 Å². The number of rotatable bonds is 5. The normalized spacial score (nSPS) is 18.3. The van der Waals surface area contributed by atoms with E-state index in [4.69, 9.17) is 0 Å². The molecule has 0 saturated carbocycles. The molecule has 0 bridgehead atoms. The van der Waals surface area contributed by atoms with Gasteiger partial charge in [-0.25, -0.2) is 4.39 Å². The van der Waals surface area contributed by atoms with Gasteiger partial charge in [-0.2, -0.15) is 0 Å². The summed E-state index contributed by atoms with van der Waals surface area (Å²) in [5.41, 5.74) is 15.8. The maximum Gasteiger partial charge on any atom is 0.252 e. The predicted molar refractivity (Wildman–Crippen MR) is 182 cm³/mol. The fraction of sp³-hybridized carbons (Fsp3) is 0.282. The lowest BCUT2D eigenvalue weighted by Gasteiger charge is -2.41. The first-order valence-corrected chi connectivity index (χ1v) is 16.0. The summed E-state index contributed by atoms with van der Waals surface area (Å²) >= 11 is 0. The molecule has 8 rings (SSSR count). The van der Waals surface area contributed by atoms with Crippen LogP contribution < -0.4 is 26.6 Å². The summed E-state index contributed by atoms with van der Waals surface area (Å²) in [4.78, 5) is 2.45. The second kappa shape index (κ2) is 9.74. The van der Waals surface area contributed by atoms with E-state index < -0.39 is 6.17 Å². The van der Waals surface area contributed by atoms with Gasteiger partial charge in [0.25, 0.3) is 6.71 Å². The van der Waals surface area contributed by atoms with Gasteiger partial charge in [0.1, 0.15) is 6.17 Å². The van der Waals surface area contributed by atoms with Crippen LogP contribution in [-0.4, -0.2) is 6.71 Å². The molecule has 4 aromatic rings. The number of fused-ring (bicyclic) bond motifs is 6. The summed E-state index contributed by atoms with van der Waals surface area (Å²) in [7, 11) is 0. The van der Waals surface area contributed by atoms with Crippen LogP contribution >= 0.6 is 0 Å². The van der Waals surface area contributed by atoms with E-state index in [1.54, 1.807) is 5.57 Å². The first kappa shape index (κ1) is 26.6. The van der Waals surface area contributed by atoms with Crippen LogP contribution in [0.4, 0.5) is 32.8 Å². The highest BCUT2D eigenvalue weighted by Crippen LogP contribution is 2.52. The zero-order chi connectivity index (χ0) is 29.5. The minimum atomic E-state index is -0.999. The molecule has 4 heteroatoms. The molecule has 1 N–H and O–H groups in total. The van der Waals surface area contributed by atoms with Crippen molar-refractivity contribution in [2.75, 3.05) is 10.2 Å². The van der Waals surface area contributed by atoms with Crippen LogP contribution in [0.25, 0.3) is 5.57 Å². The molecule has 2 unspecified atom stereocenters. The lowest BCUT2D eigenvalue weighted by atomic mass is 9.33. The Kier molecular flexibility index (Phi) is 6.02. The van der Waals surface area contributed by atoms with E-state index in [9.17, 15) is 0 Å². The topological polar surface area (TPSA) is 15.3 Å². The molecular weight excluding hydrogens is 526 g/mol. The van der Waals surface area contributed by atoms with Gasteiger partial charge in [0, 0.05) is 39.4 Å². The number of nitrogens with zero attached hydrogens (tertiary/aromatic N) is 1. The molecule has 0 spiro atoms. The van der Waals surface area contributed by atoms with Crippen molar-refractivity contribution in [2.24, 2.45) is 5.92 Å². The van der Waals surface area contributed by atoms with Gasteiger partial charge >= 0.3 is 0 Å². The number of anilines is 5. The summed E-state index contributed by atoms with van der Waals surface area (Å²) in [6.45, 7) is 9.10. The zero-order valence-electron chi connectivity index (χ0n) is 25.5. The van der Waals surface area contributed by atoms with Gasteiger partial charge in [-0.3, -0.25) is 0 Å². The van der Waals surface area contributed by atoms with Gasteiger partial charge in [-0.05, 0) is 88.6 Å². The average molecular weight is 565 g/mol. The fourth-order valence-electron chi connectivity index (χ4n) is 8.15. The third kappa shape index (κ3) is 3.85. The van der Waals surface area contributed by atoms with Crippen molar-refractivity contribution in [3.63, 3.8) is 0 Å². The average Bonchev–Trinajstić information content (AvgIpc) is 3.26. The number of alkyl halides is 1. The minimum Gasteiger partial charge on any atom is -0.356 e. The van der Waals surface area contributed by atoms with Crippen molar-refractivity contribution >= 4 is 57.1 Å². The molecule has 2 atom stereocenters. The molecule has 2 aliphatic heterocycles. The highest BCUT2D eigenvalue weighted by Gasteiger charge is 2.42. The Morgan fingerprint density at radius 3 is 2.60 bits per heavy atom. The van der Waals surface area contributed by atoms with Crippen molar-refractivity contribution < 1.29 is 4.39 Å². The van der Waals surface area contributed by atoms with Gasteiger partial charge in [0.2, 0.25) is 0 Å². The monoisotopic (exact) mass is 564 g/mol. The number of benzene rings is 4. The van der Waals surface area contributed by atoms with Crippen molar-refractivity contribution in [3.05, 3.63) is 113 Å². The minimum absolute atomic E-state index is 0.00840. The molecule has 214 valence electrons. The highest BCUT2D eigenvalue weighted by atomic mass is 19.1. The Labute approximate surface area is 255 Å². The van der Waals surface area contributed by atoms with Crippen LogP contribution in [0.5, 0.6) is 0 Å². The van der Waals surface area contributed by atoms with Crippen LogP contribution in [0.3, 0.4) is 0 Å². The second-order valence-electron chi connectivity index (χ2n) is 13.4. The van der Waals surface area contributed by atoms with E-state index in [0.717, 1.165) is 41.7 Å². The lowest BCUT2D eigenvalue weighted by molar-refractivity contribution is 0.279. The van der Waals surface area contributed by atoms with Crippen LogP contribution in [0, 0.1) is 5.92 Å². The van der Waals surface area contributed by atoms with Crippen LogP contribution in [0.15, 0.2) is 96.6 Å². The Morgan fingerprint density at radius 1 is 0.953 bits per heavy atom. The summed E-state index contributed by atoms with van der Waals surface area (Å²) in [5.74, 6) is 0.339. The van der Waals surface area contributed by atoms with Gasteiger partial charge in [-0.1, -0.05) is 100 Å². The lowest BCUT2D eigenvalue weighted by Crippen LogP contribution is -2.60. The van der Waals surface area contributed by atoms with Gasteiger partial charge < -0.3 is 10.2 Å². The van der Waals surface area contributed by atoms with Crippen LogP contribution in [0.2, 0.25) is 0 Å². The Hall–Kier alpha value is -4.05. The first-order chi connectivity index (χ1) is 20.9. The number of para-hydroxylation sites is 2. The number of hydrogen-bond acceptors (Lipinski definition) is 2. The zero-order valence-corrected chi connectivity index (χ0v) is 25.5. The number of hydrogen-bond donors (Lipinski definition) is 1. The highest BCUT2D eigenvalue weighted by molar-refractivity contribution is 7.00. The van der Waals surface area contributed by atoms with E-state index in [1.165, 1.54) is 44.7 Å². The van der Waals surface area contributed by atoms with Crippen LogP contribution in [0.1, 0.15) is 76.2 Å². The summed E-state index contributed by atoms with van der Waals surface area (Å²) < 4.78 is 15.9. The molecule has 2 aliphatic carbocycles. The largest absolute Gasteiger partial charge is 0.356 e. The quantitative estimate of drug-likeness (QED) is 0.211. The van der Waals surface area contributed by atoms with Crippen molar-refractivity contribution in [3.8, 4) is 0 Å². The Bertz CT molecular complexity index is 1850. The third-order valence-electron chi connectivity index (χ3n) is 10.6. The maximum atomic E-state index is 15.9. The third-order valence-corrected chi connectivity index (χ3v) is 10.6. The fourth-order valence-corrected chi connectivity index (χ4v) is 8.15. The standard InChI is InChI=1S/C39H38BFN2/c1-5-24(2)22-33(41)28-13-10-16-32-38(28)42-34-17-11-19-36-37(34)40(32)31-15-8-9-18-35(31)43(36)25-20-21-27-26-12-6-7-14-29(26)39(3,4)30(27)23-25/h6,8-13,15-21,23-24,33,42H,5,7,14,22H2,1-4H3.